The number of nitrogens with one attached hydrogen (secondary N) is 1. The Kier molecular flexibility index (Phi) is 5.54. The van der Waals surface area contributed by atoms with E-state index in [1.54, 1.807) is 6.08 Å². The maximum absolute atomic E-state index is 12.1. The van der Waals surface area contributed by atoms with E-state index in [2.05, 4.69) is 5.32 Å². The van der Waals surface area contributed by atoms with E-state index >= 15 is 0 Å². The van der Waals surface area contributed by atoms with Crippen molar-refractivity contribution in [1.29, 1.82) is 5.26 Å². The van der Waals surface area contributed by atoms with Gasteiger partial charge in [0.15, 0.2) is 0 Å². The van der Waals surface area contributed by atoms with Crippen LogP contribution in [-0.2, 0) is 11.3 Å². The Morgan fingerprint density at radius 3 is 2.35 bits per heavy atom. The number of anilines is 1. The van der Waals surface area contributed by atoms with Gasteiger partial charge in [0.05, 0.1) is 0 Å². The summed E-state index contributed by atoms with van der Waals surface area (Å²) >= 11 is 0. The van der Waals surface area contributed by atoms with Crippen molar-refractivity contribution in [3.63, 3.8) is 0 Å². The van der Waals surface area contributed by atoms with Gasteiger partial charge in [-0.25, -0.2) is 0 Å². The molecule has 116 valence electrons. The molecule has 0 saturated carbocycles. The molecule has 0 bridgehead atoms. The molecule has 0 atom stereocenters. The highest BCUT2D eigenvalue weighted by atomic mass is 16.1. The summed E-state index contributed by atoms with van der Waals surface area (Å²) < 4.78 is 0. The normalized spacial score (nSPS) is 10.7. The molecule has 1 N–H and O–H groups in total. The van der Waals surface area contributed by atoms with Crippen LogP contribution in [0.5, 0.6) is 0 Å². The lowest BCUT2D eigenvalue weighted by Gasteiger charge is -2.11. The molecule has 2 aromatic carbocycles. The summed E-state index contributed by atoms with van der Waals surface area (Å²) in [5.74, 6) is -0.368. The average molecular weight is 305 g/mol. The van der Waals surface area contributed by atoms with E-state index in [-0.39, 0.29) is 11.5 Å². The molecule has 4 nitrogen and oxygen atoms in total. The van der Waals surface area contributed by atoms with Crippen molar-refractivity contribution in [3.8, 4) is 6.07 Å². The van der Waals surface area contributed by atoms with Crippen LogP contribution in [0.3, 0.4) is 0 Å². The molecule has 2 aromatic rings. The summed E-state index contributed by atoms with van der Waals surface area (Å²) in [6.07, 6.45) is 1.60. The molecule has 0 aliphatic carbocycles. The first-order valence-electron chi connectivity index (χ1n) is 7.31. The Morgan fingerprint density at radius 1 is 1.13 bits per heavy atom. The molecular weight excluding hydrogens is 286 g/mol. The minimum absolute atomic E-state index is 0.0959. The first-order valence-corrected chi connectivity index (χ1v) is 7.31. The van der Waals surface area contributed by atoms with Crippen molar-refractivity contribution in [2.45, 2.75) is 6.54 Å². The lowest BCUT2D eigenvalue weighted by Crippen LogP contribution is -2.23. The number of benzene rings is 2. The molecular formula is C19H19N3O. The molecule has 2 rings (SSSR count). The highest BCUT2D eigenvalue weighted by Gasteiger charge is 2.08. The second kappa shape index (κ2) is 7.81. The fourth-order valence-electron chi connectivity index (χ4n) is 2.06. The molecule has 4 heteroatoms. The van der Waals surface area contributed by atoms with E-state index in [4.69, 9.17) is 0 Å². The van der Waals surface area contributed by atoms with Crippen LogP contribution in [0, 0.1) is 11.3 Å². The van der Waals surface area contributed by atoms with E-state index < -0.39 is 0 Å². The lowest BCUT2D eigenvalue weighted by molar-refractivity contribution is -0.117. The van der Waals surface area contributed by atoms with Crippen molar-refractivity contribution in [2.24, 2.45) is 0 Å². The highest BCUT2D eigenvalue weighted by Crippen LogP contribution is 2.14. The van der Waals surface area contributed by atoms with Gasteiger partial charge in [0.25, 0.3) is 5.91 Å². The molecule has 0 fully saturated rings. The van der Waals surface area contributed by atoms with Crippen LogP contribution < -0.4 is 10.2 Å². The van der Waals surface area contributed by atoms with Crippen LogP contribution in [0.1, 0.15) is 11.1 Å². The minimum atomic E-state index is -0.368. The molecule has 0 aromatic heterocycles. The highest BCUT2D eigenvalue weighted by molar-refractivity contribution is 6.01. The number of nitrogens with zero attached hydrogens (tertiary/aromatic N) is 2. The number of amides is 1. The largest absolute Gasteiger partial charge is 0.378 e. The van der Waals surface area contributed by atoms with Crippen LogP contribution in [0.4, 0.5) is 5.69 Å². The third-order valence-corrected chi connectivity index (χ3v) is 3.38. The van der Waals surface area contributed by atoms with E-state index in [0.29, 0.717) is 6.54 Å². The smallest absolute Gasteiger partial charge is 0.262 e. The Labute approximate surface area is 136 Å². The van der Waals surface area contributed by atoms with E-state index in [1.165, 1.54) is 0 Å². The molecule has 0 saturated heterocycles. The molecule has 1 amide bonds. The van der Waals surface area contributed by atoms with Crippen molar-refractivity contribution < 1.29 is 4.79 Å². The topological polar surface area (TPSA) is 56.1 Å². The summed E-state index contributed by atoms with van der Waals surface area (Å²) in [5.41, 5.74) is 2.98. The fraction of sp³-hybridized carbons (Fsp3) is 0.158. The SMILES string of the molecule is CN(C)c1ccc(/C=C(\C#N)C(=O)NCc2ccccc2)cc1. The number of nitriles is 1. The maximum atomic E-state index is 12.1. The Bertz CT molecular complexity index is 725. The summed E-state index contributed by atoms with van der Waals surface area (Å²) in [5, 5.41) is 12.0. The third kappa shape index (κ3) is 4.72. The molecule has 0 unspecified atom stereocenters. The van der Waals surface area contributed by atoms with Gasteiger partial charge in [0.1, 0.15) is 11.6 Å². The van der Waals surface area contributed by atoms with Gasteiger partial charge in [-0.05, 0) is 29.3 Å². The summed E-state index contributed by atoms with van der Waals surface area (Å²) in [6, 6.07) is 19.2. The number of rotatable bonds is 5. The van der Waals surface area contributed by atoms with Crippen LogP contribution in [-0.4, -0.2) is 20.0 Å². The van der Waals surface area contributed by atoms with Gasteiger partial charge in [-0.2, -0.15) is 5.26 Å². The predicted octanol–water partition coefficient (Wildman–Crippen LogP) is 2.98. The quantitative estimate of drug-likeness (QED) is 0.682. The molecule has 0 spiro atoms. The Morgan fingerprint density at radius 2 is 1.78 bits per heavy atom. The molecule has 0 aliphatic rings. The number of hydrogen-bond acceptors (Lipinski definition) is 3. The molecule has 23 heavy (non-hydrogen) atoms. The van der Waals surface area contributed by atoms with E-state index in [9.17, 15) is 10.1 Å². The van der Waals surface area contributed by atoms with Gasteiger partial charge in [0, 0.05) is 26.3 Å². The van der Waals surface area contributed by atoms with Gasteiger partial charge >= 0.3 is 0 Å². The average Bonchev–Trinajstić information content (AvgIpc) is 2.59. The van der Waals surface area contributed by atoms with E-state index in [1.807, 2.05) is 79.7 Å². The zero-order valence-corrected chi connectivity index (χ0v) is 13.3. The van der Waals surface area contributed by atoms with Crippen molar-refractivity contribution >= 4 is 17.7 Å². The van der Waals surface area contributed by atoms with Crippen molar-refractivity contribution in [3.05, 3.63) is 71.3 Å². The van der Waals surface area contributed by atoms with Crippen molar-refractivity contribution in [2.75, 3.05) is 19.0 Å². The van der Waals surface area contributed by atoms with Crippen LogP contribution in [0.2, 0.25) is 0 Å². The fourth-order valence-corrected chi connectivity index (χ4v) is 2.06. The van der Waals surface area contributed by atoms with Crippen LogP contribution >= 0.6 is 0 Å². The standard InChI is InChI=1S/C19H19N3O/c1-22(2)18-10-8-15(9-11-18)12-17(13-20)19(23)21-14-16-6-4-3-5-7-16/h3-12H,14H2,1-2H3,(H,21,23)/b17-12+. The van der Waals surface area contributed by atoms with Gasteiger partial charge in [0.2, 0.25) is 0 Å². The Hall–Kier alpha value is -3.06. The maximum Gasteiger partial charge on any atom is 0.262 e. The van der Waals surface area contributed by atoms with Crippen LogP contribution in [0.15, 0.2) is 60.2 Å². The molecule has 0 heterocycles. The van der Waals surface area contributed by atoms with Crippen molar-refractivity contribution in [1.82, 2.24) is 5.32 Å². The van der Waals surface area contributed by atoms with Gasteiger partial charge in [-0.1, -0.05) is 42.5 Å². The summed E-state index contributed by atoms with van der Waals surface area (Å²) in [7, 11) is 3.92. The van der Waals surface area contributed by atoms with Crippen LogP contribution in [0.25, 0.3) is 6.08 Å². The minimum Gasteiger partial charge on any atom is -0.378 e. The van der Waals surface area contributed by atoms with E-state index in [0.717, 1.165) is 16.8 Å². The first kappa shape index (κ1) is 16.3. The second-order valence-electron chi connectivity index (χ2n) is 5.32. The number of hydrogen-bond donors (Lipinski definition) is 1. The zero-order valence-electron chi connectivity index (χ0n) is 13.3. The third-order valence-electron chi connectivity index (χ3n) is 3.38. The monoisotopic (exact) mass is 305 g/mol. The first-order chi connectivity index (χ1) is 11.1. The summed E-state index contributed by atoms with van der Waals surface area (Å²) in [4.78, 5) is 14.1. The summed E-state index contributed by atoms with van der Waals surface area (Å²) in [6.45, 7) is 0.401. The Balaban J connectivity index is 2.06. The molecule has 0 aliphatic heterocycles. The molecule has 0 radical (unpaired) electrons. The van der Waals surface area contributed by atoms with Gasteiger partial charge in [-0.3, -0.25) is 4.79 Å². The van der Waals surface area contributed by atoms with Gasteiger partial charge in [-0.15, -0.1) is 0 Å². The predicted molar refractivity (Wildman–Crippen MR) is 92.6 cm³/mol. The number of carbonyl (C=O) groups is 1. The lowest BCUT2D eigenvalue weighted by atomic mass is 10.1. The second-order valence-corrected chi connectivity index (χ2v) is 5.32. The zero-order chi connectivity index (χ0) is 16.7. The van der Waals surface area contributed by atoms with Gasteiger partial charge < -0.3 is 10.2 Å². The number of carbonyl (C=O) groups excluding carboxylic acids is 1.